The first-order valence-corrected chi connectivity index (χ1v) is 10.4. The van der Waals surface area contributed by atoms with Crippen LogP contribution in [0.15, 0.2) is 12.3 Å². The van der Waals surface area contributed by atoms with E-state index in [0.29, 0.717) is 6.42 Å². The highest BCUT2D eigenvalue weighted by molar-refractivity contribution is 5.69. The smallest absolute Gasteiger partial charge is 0.306 e. The number of rotatable bonds is 11. The number of carbonyl (C=O) groups is 1. The number of hydrogen-bond donors (Lipinski definition) is 2. The van der Waals surface area contributed by atoms with Gasteiger partial charge in [0.25, 0.3) is 0 Å². The number of esters is 1. The van der Waals surface area contributed by atoms with Crippen molar-refractivity contribution in [3.05, 3.63) is 17.8 Å². The molecule has 0 saturated carbocycles. The Labute approximate surface area is 165 Å². The van der Waals surface area contributed by atoms with Crippen molar-refractivity contribution in [2.75, 3.05) is 6.61 Å². The van der Waals surface area contributed by atoms with Crippen molar-refractivity contribution in [1.29, 1.82) is 5.41 Å². The standard InChI is InChI=1S/C20H31N3O5/c1-2-3-4-5-6-7-8-9-10-16(25)27-17-14(13-24)26-19-18(17)28-20-22-15(21)11-12-23(19)20/h11-12,14,17-19,21,24H,2-10,13H2,1H3/t14-,17-,18+,19-/m1/s1. The normalized spacial score (nSPS) is 25.2. The van der Waals surface area contributed by atoms with Crippen LogP contribution in [-0.4, -0.2) is 45.5 Å². The Bertz CT molecular complexity index is 707. The molecule has 8 heteroatoms. The van der Waals surface area contributed by atoms with Gasteiger partial charge in [0.1, 0.15) is 6.10 Å². The summed E-state index contributed by atoms with van der Waals surface area (Å²) in [5, 5.41) is 17.2. The van der Waals surface area contributed by atoms with E-state index in [-0.39, 0.29) is 24.1 Å². The number of nitrogens with zero attached hydrogens (tertiary/aromatic N) is 2. The quantitative estimate of drug-likeness (QED) is 0.442. The summed E-state index contributed by atoms with van der Waals surface area (Å²) in [5.74, 6) is -0.294. The van der Waals surface area contributed by atoms with Crippen molar-refractivity contribution in [1.82, 2.24) is 9.55 Å². The Morgan fingerprint density at radius 2 is 1.96 bits per heavy atom. The SMILES string of the molecule is CCCCCCCCCCC(=O)O[C@H]1[C@@H]2Oc3nc(=N)ccn3[C@@H]2O[C@@H]1CO. The molecule has 3 rings (SSSR count). The summed E-state index contributed by atoms with van der Waals surface area (Å²) in [5.41, 5.74) is 0.0909. The number of unbranched alkanes of at least 4 members (excludes halogenated alkanes) is 7. The molecule has 1 saturated heterocycles. The van der Waals surface area contributed by atoms with Gasteiger partial charge in [-0.25, -0.2) is 0 Å². The summed E-state index contributed by atoms with van der Waals surface area (Å²) < 4.78 is 18.9. The van der Waals surface area contributed by atoms with Crippen LogP contribution >= 0.6 is 0 Å². The number of aromatic nitrogens is 2. The summed E-state index contributed by atoms with van der Waals surface area (Å²) >= 11 is 0. The second-order valence-electron chi connectivity index (χ2n) is 7.51. The lowest BCUT2D eigenvalue weighted by atomic mass is 10.1. The molecule has 0 aliphatic carbocycles. The molecule has 28 heavy (non-hydrogen) atoms. The van der Waals surface area contributed by atoms with Gasteiger partial charge in [0.05, 0.1) is 6.61 Å². The van der Waals surface area contributed by atoms with Crippen LogP contribution < -0.4 is 10.2 Å². The molecule has 1 aromatic rings. The van der Waals surface area contributed by atoms with Crippen molar-refractivity contribution in [3.63, 3.8) is 0 Å². The monoisotopic (exact) mass is 393 g/mol. The van der Waals surface area contributed by atoms with Crippen molar-refractivity contribution >= 4 is 5.97 Å². The lowest BCUT2D eigenvalue weighted by Crippen LogP contribution is -2.39. The predicted octanol–water partition coefficient (Wildman–Crippen LogP) is 2.46. The molecule has 156 valence electrons. The van der Waals surface area contributed by atoms with Crippen LogP contribution in [0.1, 0.15) is 70.9 Å². The zero-order valence-electron chi connectivity index (χ0n) is 16.5. The third-order valence-electron chi connectivity index (χ3n) is 5.31. The van der Waals surface area contributed by atoms with Gasteiger partial charge in [-0.05, 0) is 12.5 Å². The summed E-state index contributed by atoms with van der Waals surface area (Å²) in [4.78, 5) is 16.3. The summed E-state index contributed by atoms with van der Waals surface area (Å²) in [6, 6.07) is 1.80. The molecule has 0 spiro atoms. The largest absolute Gasteiger partial charge is 0.455 e. The van der Waals surface area contributed by atoms with Crippen LogP contribution in [0.5, 0.6) is 6.01 Å². The molecular weight excluding hydrogens is 362 g/mol. The second-order valence-corrected chi connectivity index (χ2v) is 7.51. The molecule has 0 radical (unpaired) electrons. The molecule has 0 unspecified atom stereocenters. The summed E-state index contributed by atoms with van der Waals surface area (Å²) in [6.45, 7) is 1.95. The molecule has 8 nitrogen and oxygen atoms in total. The van der Waals surface area contributed by atoms with E-state index in [1.165, 1.54) is 38.2 Å². The van der Waals surface area contributed by atoms with Gasteiger partial charge in [-0.1, -0.05) is 51.9 Å². The fourth-order valence-corrected chi connectivity index (χ4v) is 3.78. The maximum absolute atomic E-state index is 12.3. The Balaban J connectivity index is 1.44. The number of nitrogens with one attached hydrogen (secondary N) is 1. The van der Waals surface area contributed by atoms with Gasteiger partial charge in [0, 0.05) is 12.6 Å². The molecular formula is C20H31N3O5. The highest BCUT2D eigenvalue weighted by atomic mass is 16.7. The Morgan fingerprint density at radius 1 is 1.25 bits per heavy atom. The molecule has 1 fully saturated rings. The lowest BCUT2D eigenvalue weighted by molar-refractivity contribution is -0.156. The van der Waals surface area contributed by atoms with Crippen molar-refractivity contribution < 1.29 is 24.1 Å². The average Bonchev–Trinajstić information content (AvgIpc) is 3.19. The average molecular weight is 393 g/mol. The number of aliphatic hydroxyl groups is 1. The maximum atomic E-state index is 12.3. The topological polar surface area (TPSA) is 107 Å². The second kappa shape index (κ2) is 10.0. The summed E-state index contributed by atoms with van der Waals surface area (Å²) in [7, 11) is 0. The molecule has 4 atom stereocenters. The van der Waals surface area contributed by atoms with Crippen LogP contribution in [0.4, 0.5) is 0 Å². The Morgan fingerprint density at radius 3 is 2.68 bits per heavy atom. The lowest BCUT2D eigenvalue weighted by Gasteiger charge is -2.20. The van der Waals surface area contributed by atoms with Crippen LogP contribution in [0.3, 0.4) is 0 Å². The number of hydrogen-bond acceptors (Lipinski definition) is 7. The molecule has 2 aliphatic rings. The highest BCUT2D eigenvalue weighted by Gasteiger charge is 2.53. The summed E-state index contributed by atoms with van der Waals surface area (Å²) in [6.07, 6.45) is 8.92. The third-order valence-corrected chi connectivity index (χ3v) is 5.31. The van der Waals surface area contributed by atoms with Gasteiger partial charge in [0.15, 0.2) is 23.9 Å². The van der Waals surface area contributed by atoms with Crippen LogP contribution in [0.2, 0.25) is 0 Å². The van der Waals surface area contributed by atoms with Crippen molar-refractivity contribution in [2.45, 2.75) is 89.3 Å². The minimum absolute atomic E-state index is 0.0909. The van der Waals surface area contributed by atoms with Crippen molar-refractivity contribution in [2.24, 2.45) is 0 Å². The van der Waals surface area contributed by atoms with E-state index in [2.05, 4.69) is 11.9 Å². The van der Waals surface area contributed by atoms with Gasteiger partial charge >= 0.3 is 12.0 Å². The van der Waals surface area contributed by atoms with E-state index in [4.69, 9.17) is 19.6 Å². The van der Waals surface area contributed by atoms with E-state index < -0.39 is 24.5 Å². The number of carbonyl (C=O) groups excluding carboxylic acids is 1. The molecule has 0 amide bonds. The van der Waals surface area contributed by atoms with Crippen LogP contribution in [0, 0.1) is 5.41 Å². The van der Waals surface area contributed by atoms with Crippen molar-refractivity contribution in [3.8, 4) is 6.01 Å². The van der Waals surface area contributed by atoms with E-state index in [9.17, 15) is 9.90 Å². The van der Waals surface area contributed by atoms with Gasteiger partial charge in [-0.3, -0.25) is 14.8 Å². The zero-order valence-corrected chi connectivity index (χ0v) is 16.5. The minimum Gasteiger partial charge on any atom is -0.455 e. The maximum Gasteiger partial charge on any atom is 0.306 e. The minimum atomic E-state index is -0.688. The van der Waals surface area contributed by atoms with E-state index >= 15 is 0 Å². The molecule has 3 heterocycles. The third kappa shape index (κ3) is 4.91. The first kappa shape index (κ1) is 20.8. The van der Waals surface area contributed by atoms with Gasteiger partial charge in [0.2, 0.25) is 0 Å². The van der Waals surface area contributed by atoms with Gasteiger partial charge in [-0.15, -0.1) is 0 Å². The molecule has 2 aliphatic heterocycles. The fourth-order valence-electron chi connectivity index (χ4n) is 3.78. The van der Waals surface area contributed by atoms with E-state index in [1.807, 2.05) is 0 Å². The van der Waals surface area contributed by atoms with Crippen LogP contribution in [-0.2, 0) is 14.3 Å². The molecule has 2 N–H and O–H groups in total. The molecule has 0 aromatic carbocycles. The highest BCUT2D eigenvalue weighted by Crippen LogP contribution is 2.40. The van der Waals surface area contributed by atoms with Gasteiger partial charge in [-0.2, -0.15) is 4.98 Å². The zero-order chi connectivity index (χ0) is 19.9. The van der Waals surface area contributed by atoms with E-state index in [0.717, 1.165) is 19.3 Å². The van der Waals surface area contributed by atoms with E-state index in [1.54, 1.807) is 10.8 Å². The molecule has 0 bridgehead atoms. The Hall–Kier alpha value is -1.93. The number of ether oxygens (including phenoxy) is 3. The number of aliphatic hydroxyl groups excluding tert-OH is 1. The number of fused-ring (bicyclic) bond motifs is 3. The first-order chi connectivity index (χ1) is 13.6. The Kier molecular flexibility index (Phi) is 7.44. The van der Waals surface area contributed by atoms with Gasteiger partial charge < -0.3 is 19.3 Å². The first-order valence-electron chi connectivity index (χ1n) is 10.4. The predicted molar refractivity (Wildman–Crippen MR) is 101 cm³/mol. The van der Waals surface area contributed by atoms with Crippen LogP contribution in [0.25, 0.3) is 0 Å². The molecule has 1 aromatic heterocycles. The fraction of sp³-hybridized carbons (Fsp3) is 0.750.